The Bertz CT molecular complexity index is 312. The molecule has 0 spiro atoms. The molecule has 3 nitrogen and oxygen atoms in total. The second-order valence-corrected chi connectivity index (χ2v) is 5.57. The summed E-state index contributed by atoms with van der Waals surface area (Å²) in [6.07, 6.45) is 0.640. The summed E-state index contributed by atoms with van der Waals surface area (Å²) in [5, 5.41) is 2.63. The van der Waals surface area contributed by atoms with Crippen molar-refractivity contribution in [3.8, 4) is 0 Å². The maximum atomic E-state index is 13.0. The highest BCUT2D eigenvalue weighted by Gasteiger charge is 2.44. The summed E-state index contributed by atoms with van der Waals surface area (Å²) in [6, 6.07) is -0.684. The van der Waals surface area contributed by atoms with Crippen molar-refractivity contribution in [3.63, 3.8) is 0 Å². The minimum absolute atomic E-state index is 0. The van der Waals surface area contributed by atoms with E-state index in [4.69, 9.17) is 0 Å². The van der Waals surface area contributed by atoms with Crippen LogP contribution in [0.2, 0.25) is 0 Å². The quantitative estimate of drug-likeness (QED) is 0.839. The highest BCUT2D eigenvalue weighted by atomic mass is 35.5. The van der Waals surface area contributed by atoms with E-state index in [1.807, 2.05) is 0 Å². The van der Waals surface area contributed by atoms with Crippen LogP contribution in [0.1, 0.15) is 26.7 Å². The van der Waals surface area contributed by atoms with E-state index in [1.165, 1.54) is 0 Å². The predicted molar refractivity (Wildman–Crippen MR) is 68.1 cm³/mol. The van der Waals surface area contributed by atoms with Crippen LogP contribution in [0.15, 0.2) is 0 Å². The number of hydrogen-bond acceptors (Lipinski definition) is 2. The fourth-order valence-corrected chi connectivity index (χ4v) is 2.64. The zero-order valence-electron chi connectivity index (χ0n) is 10.8. The predicted octanol–water partition coefficient (Wildman–Crippen LogP) is 1.91. The number of carbonyl (C=O) groups excluding carboxylic acids is 1. The van der Waals surface area contributed by atoms with E-state index in [0.29, 0.717) is 18.4 Å². The lowest BCUT2D eigenvalue weighted by atomic mass is 9.95. The third-order valence-corrected chi connectivity index (χ3v) is 3.89. The molecule has 1 N–H and O–H groups in total. The molecule has 0 radical (unpaired) electrons. The summed E-state index contributed by atoms with van der Waals surface area (Å²) in [7, 11) is 0. The third-order valence-electron chi connectivity index (χ3n) is 3.89. The first-order chi connectivity index (χ1) is 7.89. The van der Waals surface area contributed by atoms with Crippen LogP contribution in [0.4, 0.5) is 8.78 Å². The second kappa shape index (κ2) is 5.70. The zero-order valence-corrected chi connectivity index (χ0v) is 11.6. The number of nitrogens with zero attached hydrogens (tertiary/aromatic N) is 1. The first-order valence-corrected chi connectivity index (χ1v) is 6.29. The van der Waals surface area contributed by atoms with Crippen LogP contribution in [-0.4, -0.2) is 42.4 Å². The monoisotopic (exact) mass is 282 g/mol. The zero-order chi connectivity index (χ0) is 12.6. The van der Waals surface area contributed by atoms with Crippen molar-refractivity contribution < 1.29 is 13.6 Å². The van der Waals surface area contributed by atoms with E-state index < -0.39 is 12.0 Å². The number of amides is 1. The molecule has 0 aliphatic carbocycles. The molecule has 2 fully saturated rings. The van der Waals surface area contributed by atoms with Crippen LogP contribution in [0.25, 0.3) is 0 Å². The molecule has 2 rings (SSSR count). The molecule has 0 aromatic heterocycles. The number of alkyl halides is 2. The van der Waals surface area contributed by atoms with E-state index in [2.05, 4.69) is 19.2 Å². The lowest BCUT2D eigenvalue weighted by Gasteiger charge is -2.21. The van der Waals surface area contributed by atoms with Gasteiger partial charge in [-0.1, -0.05) is 13.8 Å². The number of halogens is 3. The van der Waals surface area contributed by atoms with Crippen molar-refractivity contribution in [1.29, 1.82) is 0 Å². The molecule has 2 aliphatic heterocycles. The van der Waals surface area contributed by atoms with Gasteiger partial charge in [0.25, 0.3) is 5.92 Å². The molecular weight excluding hydrogens is 262 g/mol. The fourth-order valence-electron chi connectivity index (χ4n) is 2.64. The van der Waals surface area contributed by atoms with Gasteiger partial charge in [-0.05, 0) is 18.3 Å². The normalized spacial score (nSPS) is 30.6. The van der Waals surface area contributed by atoms with Gasteiger partial charge in [0.1, 0.15) is 0 Å². The Morgan fingerprint density at radius 1 is 1.44 bits per heavy atom. The number of likely N-dealkylation sites (tertiary alicyclic amines) is 1. The van der Waals surface area contributed by atoms with E-state index in [9.17, 15) is 13.6 Å². The molecule has 6 heteroatoms. The molecule has 0 aromatic rings. The lowest BCUT2D eigenvalue weighted by molar-refractivity contribution is -0.132. The molecule has 2 heterocycles. The van der Waals surface area contributed by atoms with Crippen LogP contribution < -0.4 is 5.32 Å². The van der Waals surface area contributed by atoms with Gasteiger partial charge in [-0.15, -0.1) is 12.4 Å². The maximum absolute atomic E-state index is 13.0. The summed E-state index contributed by atoms with van der Waals surface area (Å²) in [5.74, 6) is -1.81. The number of nitrogens with one attached hydrogen (secondary N) is 1. The molecular formula is C12H21ClF2N2O. The minimum atomic E-state index is -2.72. The number of hydrogen-bond donors (Lipinski definition) is 1. The molecule has 2 aliphatic rings. The molecule has 1 amide bonds. The average molecular weight is 283 g/mol. The first kappa shape index (κ1) is 15.6. The SMILES string of the molecule is CC(C)C1CCN(C(=O)C2CC(F)(F)CN2)C1.Cl. The van der Waals surface area contributed by atoms with E-state index >= 15 is 0 Å². The van der Waals surface area contributed by atoms with Crippen molar-refractivity contribution in [2.75, 3.05) is 19.6 Å². The molecule has 2 atom stereocenters. The van der Waals surface area contributed by atoms with Gasteiger partial charge in [-0.25, -0.2) is 8.78 Å². The van der Waals surface area contributed by atoms with Gasteiger partial charge in [0.2, 0.25) is 5.91 Å². The van der Waals surface area contributed by atoms with E-state index in [0.717, 1.165) is 13.0 Å². The van der Waals surface area contributed by atoms with Gasteiger partial charge < -0.3 is 4.90 Å². The first-order valence-electron chi connectivity index (χ1n) is 6.29. The summed E-state index contributed by atoms with van der Waals surface area (Å²) >= 11 is 0. The van der Waals surface area contributed by atoms with Crippen LogP contribution in [0, 0.1) is 11.8 Å². The fraction of sp³-hybridized carbons (Fsp3) is 0.917. The average Bonchev–Trinajstić information content (AvgIpc) is 2.83. The van der Waals surface area contributed by atoms with Crippen molar-refractivity contribution in [2.24, 2.45) is 11.8 Å². The molecule has 2 saturated heterocycles. The third kappa shape index (κ3) is 3.32. The Hall–Kier alpha value is -0.420. The molecule has 106 valence electrons. The summed E-state index contributed by atoms with van der Waals surface area (Å²) < 4.78 is 26.0. The standard InChI is InChI=1S/C12H20F2N2O.ClH/c1-8(2)9-3-4-16(6-9)11(17)10-5-12(13,14)7-15-10;/h8-10,15H,3-7H2,1-2H3;1H. The topological polar surface area (TPSA) is 32.3 Å². The number of carbonyl (C=O) groups is 1. The highest BCUT2D eigenvalue weighted by molar-refractivity contribution is 5.85. The summed E-state index contributed by atoms with van der Waals surface area (Å²) in [4.78, 5) is 13.8. The largest absolute Gasteiger partial charge is 0.341 e. The van der Waals surface area contributed by atoms with Crippen LogP contribution in [-0.2, 0) is 4.79 Å². The molecule has 0 bridgehead atoms. The Morgan fingerprint density at radius 3 is 2.56 bits per heavy atom. The summed E-state index contributed by atoms with van der Waals surface area (Å²) in [6.45, 7) is 5.35. The molecule has 2 unspecified atom stereocenters. The van der Waals surface area contributed by atoms with Crippen LogP contribution in [0.3, 0.4) is 0 Å². The van der Waals surface area contributed by atoms with Gasteiger partial charge in [0, 0.05) is 19.5 Å². The molecule has 18 heavy (non-hydrogen) atoms. The molecule has 0 saturated carbocycles. The maximum Gasteiger partial charge on any atom is 0.262 e. The van der Waals surface area contributed by atoms with Gasteiger partial charge in [-0.3, -0.25) is 10.1 Å². The Kier molecular flexibility index (Phi) is 4.95. The van der Waals surface area contributed by atoms with Crippen molar-refractivity contribution in [3.05, 3.63) is 0 Å². The smallest absolute Gasteiger partial charge is 0.262 e. The van der Waals surface area contributed by atoms with Crippen molar-refractivity contribution >= 4 is 18.3 Å². The Labute approximate surface area is 113 Å². The summed E-state index contributed by atoms with van der Waals surface area (Å²) in [5.41, 5.74) is 0. The van der Waals surface area contributed by atoms with Crippen LogP contribution in [0.5, 0.6) is 0 Å². The van der Waals surface area contributed by atoms with Gasteiger partial charge in [-0.2, -0.15) is 0 Å². The lowest BCUT2D eigenvalue weighted by Crippen LogP contribution is -2.42. The van der Waals surface area contributed by atoms with Crippen molar-refractivity contribution in [2.45, 2.75) is 38.7 Å². The Morgan fingerprint density at radius 2 is 2.11 bits per heavy atom. The second-order valence-electron chi connectivity index (χ2n) is 5.57. The van der Waals surface area contributed by atoms with Gasteiger partial charge in [0.15, 0.2) is 0 Å². The number of rotatable bonds is 2. The van der Waals surface area contributed by atoms with Gasteiger partial charge >= 0.3 is 0 Å². The molecule has 0 aromatic carbocycles. The minimum Gasteiger partial charge on any atom is -0.341 e. The highest BCUT2D eigenvalue weighted by Crippen LogP contribution is 2.29. The van der Waals surface area contributed by atoms with E-state index in [-0.39, 0.29) is 31.3 Å². The van der Waals surface area contributed by atoms with Crippen LogP contribution >= 0.6 is 12.4 Å². The van der Waals surface area contributed by atoms with Crippen molar-refractivity contribution in [1.82, 2.24) is 10.2 Å². The van der Waals surface area contributed by atoms with Gasteiger partial charge in [0.05, 0.1) is 12.6 Å². The Balaban J connectivity index is 0.00000162. The van der Waals surface area contributed by atoms with E-state index in [1.54, 1.807) is 4.90 Å².